The third-order valence-corrected chi connectivity index (χ3v) is 3.70. The van der Waals surface area contributed by atoms with Gasteiger partial charge in [0.05, 0.1) is 0 Å². The highest BCUT2D eigenvalue weighted by molar-refractivity contribution is 5.81. The normalized spacial score (nSPS) is 26.5. The Balaban J connectivity index is 2.34. The second-order valence-corrected chi connectivity index (χ2v) is 4.73. The molecule has 0 aromatic carbocycles. The molecule has 1 rings (SSSR count). The van der Waals surface area contributed by atoms with Gasteiger partial charge in [-0.25, -0.2) is 0 Å². The van der Waals surface area contributed by atoms with E-state index in [0.29, 0.717) is 17.6 Å². The molecule has 1 fully saturated rings. The largest absolute Gasteiger partial charge is 0.320 e. The molecule has 2 atom stereocenters. The summed E-state index contributed by atoms with van der Waals surface area (Å²) in [4.78, 5) is 12.0. The van der Waals surface area contributed by atoms with E-state index in [1.165, 1.54) is 25.7 Å². The van der Waals surface area contributed by atoms with Gasteiger partial charge in [0.15, 0.2) is 0 Å². The van der Waals surface area contributed by atoms with E-state index < -0.39 is 0 Å². The molecule has 0 radical (unpaired) electrons. The van der Waals surface area contributed by atoms with Crippen LogP contribution in [0, 0.1) is 11.8 Å². The molecule has 2 heteroatoms. The molecule has 1 N–H and O–H groups in total. The standard InChI is InChI=1S/C13H25NO/c1-3-11-7-4-5-8-12(11)13(15)9-6-10-14-2/h11-12,14H,3-10H2,1-2H3. The zero-order chi connectivity index (χ0) is 11.1. The minimum atomic E-state index is 0.389. The summed E-state index contributed by atoms with van der Waals surface area (Å²) in [6.45, 7) is 3.19. The average Bonchev–Trinajstić information content (AvgIpc) is 2.29. The average molecular weight is 211 g/mol. The first kappa shape index (κ1) is 12.7. The summed E-state index contributed by atoms with van der Waals surface area (Å²) in [7, 11) is 1.94. The molecular weight excluding hydrogens is 186 g/mol. The maximum Gasteiger partial charge on any atom is 0.136 e. The molecule has 2 nitrogen and oxygen atoms in total. The van der Waals surface area contributed by atoms with Gasteiger partial charge in [-0.05, 0) is 38.8 Å². The van der Waals surface area contributed by atoms with Crippen LogP contribution in [0.5, 0.6) is 0 Å². The second-order valence-electron chi connectivity index (χ2n) is 4.73. The number of rotatable bonds is 6. The molecule has 0 spiro atoms. The zero-order valence-corrected chi connectivity index (χ0v) is 10.2. The van der Waals surface area contributed by atoms with Gasteiger partial charge in [-0.1, -0.05) is 26.2 Å². The molecule has 88 valence electrons. The van der Waals surface area contributed by atoms with Gasteiger partial charge in [0.1, 0.15) is 5.78 Å². The van der Waals surface area contributed by atoms with Crippen LogP contribution in [-0.4, -0.2) is 19.4 Å². The molecule has 0 aromatic heterocycles. The summed E-state index contributed by atoms with van der Waals surface area (Å²) < 4.78 is 0. The fourth-order valence-corrected chi connectivity index (χ4v) is 2.74. The third kappa shape index (κ3) is 3.94. The lowest BCUT2D eigenvalue weighted by Gasteiger charge is -2.29. The Morgan fingerprint density at radius 1 is 1.33 bits per heavy atom. The van der Waals surface area contributed by atoms with Crippen molar-refractivity contribution in [2.24, 2.45) is 11.8 Å². The molecule has 1 aliphatic rings. The smallest absolute Gasteiger partial charge is 0.136 e. The highest BCUT2D eigenvalue weighted by atomic mass is 16.1. The van der Waals surface area contributed by atoms with Crippen molar-refractivity contribution in [2.75, 3.05) is 13.6 Å². The third-order valence-electron chi connectivity index (χ3n) is 3.70. The molecule has 0 saturated heterocycles. The van der Waals surface area contributed by atoms with Crippen LogP contribution >= 0.6 is 0 Å². The molecule has 1 aliphatic carbocycles. The quantitative estimate of drug-likeness (QED) is 0.684. The summed E-state index contributed by atoms with van der Waals surface area (Å²) in [6.07, 6.45) is 7.99. The van der Waals surface area contributed by atoms with Crippen LogP contribution in [0.3, 0.4) is 0 Å². The lowest BCUT2D eigenvalue weighted by atomic mass is 9.75. The summed E-state index contributed by atoms with van der Waals surface area (Å²) in [5, 5.41) is 3.10. The van der Waals surface area contributed by atoms with Crippen LogP contribution in [0.4, 0.5) is 0 Å². The van der Waals surface area contributed by atoms with E-state index in [1.807, 2.05) is 7.05 Å². The van der Waals surface area contributed by atoms with Gasteiger partial charge in [-0.15, -0.1) is 0 Å². The molecule has 0 bridgehead atoms. The van der Waals surface area contributed by atoms with Crippen LogP contribution in [-0.2, 0) is 4.79 Å². The molecule has 0 amide bonds. The van der Waals surface area contributed by atoms with Gasteiger partial charge < -0.3 is 5.32 Å². The first-order valence-electron chi connectivity index (χ1n) is 6.47. The molecule has 15 heavy (non-hydrogen) atoms. The number of nitrogens with one attached hydrogen (secondary N) is 1. The van der Waals surface area contributed by atoms with Gasteiger partial charge in [-0.3, -0.25) is 4.79 Å². The maximum atomic E-state index is 12.0. The van der Waals surface area contributed by atoms with Crippen molar-refractivity contribution < 1.29 is 4.79 Å². The Hall–Kier alpha value is -0.370. The van der Waals surface area contributed by atoms with E-state index in [4.69, 9.17) is 0 Å². The van der Waals surface area contributed by atoms with E-state index in [2.05, 4.69) is 12.2 Å². The maximum absolute atomic E-state index is 12.0. The zero-order valence-electron chi connectivity index (χ0n) is 10.2. The fraction of sp³-hybridized carbons (Fsp3) is 0.923. The van der Waals surface area contributed by atoms with Gasteiger partial charge in [0, 0.05) is 12.3 Å². The first-order chi connectivity index (χ1) is 7.29. The van der Waals surface area contributed by atoms with Gasteiger partial charge in [-0.2, -0.15) is 0 Å². The van der Waals surface area contributed by atoms with E-state index in [1.54, 1.807) is 0 Å². The Morgan fingerprint density at radius 2 is 2.07 bits per heavy atom. The summed E-state index contributed by atoms with van der Waals surface area (Å²) in [6, 6.07) is 0. The number of carbonyl (C=O) groups excluding carboxylic acids is 1. The Bertz CT molecular complexity index is 191. The van der Waals surface area contributed by atoms with Crippen LogP contribution in [0.25, 0.3) is 0 Å². The van der Waals surface area contributed by atoms with Gasteiger partial charge >= 0.3 is 0 Å². The van der Waals surface area contributed by atoms with Crippen LogP contribution in [0.1, 0.15) is 51.9 Å². The lowest BCUT2D eigenvalue weighted by molar-refractivity contribution is -0.125. The molecule has 0 heterocycles. The van der Waals surface area contributed by atoms with Crippen LogP contribution in [0.2, 0.25) is 0 Å². The lowest BCUT2D eigenvalue weighted by Crippen LogP contribution is -2.27. The Kier molecular flexibility index (Phi) is 5.92. The molecule has 0 aromatic rings. The minimum absolute atomic E-state index is 0.389. The van der Waals surface area contributed by atoms with Crippen molar-refractivity contribution >= 4 is 5.78 Å². The monoisotopic (exact) mass is 211 g/mol. The predicted molar refractivity (Wildman–Crippen MR) is 63.9 cm³/mol. The first-order valence-corrected chi connectivity index (χ1v) is 6.47. The Labute approximate surface area is 93.8 Å². The number of hydrogen-bond donors (Lipinski definition) is 1. The van der Waals surface area contributed by atoms with E-state index in [9.17, 15) is 4.79 Å². The minimum Gasteiger partial charge on any atom is -0.320 e. The van der Waals surface area contributed by atoms with Crippen molar-refractivity contribution in [1.82, 2.24) is 5.32 Å². The van der Waals surface area contributed by atoms with Crippen molar-refractivity contribution in [3.63, 3.8) is 0 Å². The number of ketones is 1. The highest BCUT2D eigenvalue weighted by Gasteiger charge is 2.28. The highest BCUT2D eigenvalue weighted by Crippen LogP contribution is 2.33. The van der Waals surface area contributed by atoms with E-state index in [0.717, 1.165) is 25.8 Å². The number of Topliss-reactive ketones (excluding diaryl/α,β-unsaturated/α-hetero) is 1. The van der Waals surface area contributed by atoms with Crippen LogP contribution < -0.4 is 5.32 Å². The van der Waals surface area contributed by atoms with Crippen molar-refractivity contribution in [3.8, 4) is 0 Å². The van der Waals surface area contributed by atoms with Gasteiger partial charge in [0.2, 0.25) is 0 Å². The SMILES string of the molecule is CCC1CCCCC1C(=O)CCCNC. The fourth-order valence-electron chi connectivity index (χ4n) is 2.74. The topological polar surface area (TPSA) is 29.1 Å². The summed E-state index contributed by atoms with van der Waals surface area (Å²) in [5.74, 6) is 1.60. The summed E-state index contributed by atoms with van der Waals surface area (Å²) >= 11 is 0. The van der Waals surface area contributed by atoms with Crippen molar-refractivity contribution in [1.29, 1.82) is 0 Å². The molecule has 0 aliphatic heterocycles. The second kappa shape index (κ2) is 7.00. The van der Waals surface area contributed by atoms with Gasteiger partial charge in [0.25, 0.3) is 0 Å². The Morgan fingerprint density at radius 3 is 2.73 bits per heavy atom. The van der Waals surface area contributed by atoms with E-state index in [-0.39, 0.29) is 0 Å². The number of carbonyl (C=O) groups is 1. The molecule has 1 saturated carbocycles. The van der Waals surface area contributed by atoms with Crippen LogP contribution in [0.15, 0.2) is 0 Å². The van der Waals surface area contributed by atoms with Crippen molar-refractivity contribution in [2.45, 2.75) is 51.9 Å². The van der Waals surface area contributed by atoms with Crippen molar-refractivity contribution in [3.05, 3.63) is 0 Å². The predicted octanol–water partition coefficient (Wildman–Crippen LogP) is 2.77. The summed E-state index contributed by atoms with van der Waals surface area (Å²) in [5.41, 5.74) is 0. The number of hydrogen-bond acceptors (Lipinski definition) is 2. The molecular formula is C13H25NO. The molecule has 2 unspecified atom stereocenters. The van der Waals surface area contributed by atoms with E-state index >= 15 is 0 Å².